The van der Waals surface area contributed by atoms with E-state index >= 15 is 0 Å². The van der Waals surface area contributed by atoms with Crippen LogP contribution in [0.3, 0.4) is 0 Å². The molecule has 0 fully saturated rings. The summed E-state index contributed by atoms with van der Waals surface area (Å²) in [5.41, 5.74) is 8.14. The molecule has 0 radical (unpaired) electrons. The Morgan fingerprint density at radius 3 is 2.05 bits per heavy atom. The highest BCUT2D eigenvalue weighted by molar-refractivity contribution is 6.31. The van der Waals surface area contributed by atoms with Crippen LogP contribution in [0, 0.1) is 0 Å². The van der Waals surface area contributed by atoms with Crippen LogP contribution in [-0.2, 0) is 13.1 Å². The predicted molar refractivity (Wildman–Crippen MR) is 151 cm³/mol. The van der Waals surface area contributed by atoms with E-state index in [2.05, 4.69) is 81.9 Å². The fourth-order valence-electron chi connectivity index (χ4n) is 7.45. The Morgan fingerprint density at radius 2 is 1.39 bits per heavy atom. The lowest BCUT2D eigenvalue weighted by atomic mass is 9.97. The lowest BCUT2D eigenvalue weighted by Gasteiger charge is -2.16. The highest BCUT2D eigenvalue weighted by Crippen LogP contribution is 2.52. The second-order valence-corrected chi connectivity index (χ2v) is 10.8. The molecule has 4 aromatic carbocycles. The quantitative estimate of drug-likeness (QED) is 0.245. The van der Waals surface area contributed by atoms with Crippen LogP contribution in [0.25, 0.3) is 43.6 Å². The standard InChI is InChI=1S/C33H25N3O2/c1-38-22-14-10-19(11-15-22)17-34-18-25-28-23-6-2-4-8-26(23)35-20-12-13-21(16-20)36-27-9-5-3-7-24(27)29(30(25)33(34)37)32(36)31(28)35/h2-15,20-21H,16-18H2,1H3/t20-,21-/m0/s1. The van der Waals surface area contributed by atoms with E-state index in [1.165, 1.54) is 43.8 Å². The maximum absolute atomic E-state index is 14.3. The summed E-state index contributed by atoms with van der Waals surface area (Å²) in [5, 5.41) is 4.79. The minimum Gasteiger partial charge on any atom is -0.497 e. The lowest BCUT2D eigenvalue weighted by Crippen LogP contribution is -2.23. The van der Waals surface area contributed by atoms with Crippen molar-refractivity contribution < 1.29 is 9.53 Å². The summed E-state index contributed by atoms with van der Waals surface area (Å²) in [6.07, 6.45) is 5.79. The van der Waals surface area contributed by atoms with E-state index in [1.54, 1.807) is 7.11 Å². The van der Waals surface area contributed by atoms with Crippen LogP contribution in [0.4, 0.5) is 0 Å². The number of allylic oxidation sites excluding steroid dienone is 2. The molecule has 2 aromatic heterocycles. The predicted octanol–water partition coefficient (Wildman–Crippen LogP) is 7.12. The van der Waals surface area contributed by atoms with E-state index in [9.17, 15) is 4.79 Å². The van der Waals surface area contributed by atoms with Gasteiger partial charge in [-0.15, -0.1) is 0 Å². The summed E-state index contributed by atoms with van der Waals surface area (Å²) in [6, 6.07) is 26.0. The third kappa shape index (κ3) is 2.40. The molecule has 184 valence electrons. The largest absolute Gasteiger partial charge is 0.497 e. The molecule has 0 N–H and O–H groups in total. The van der Waals surface area contributed by atoms with Crippen molar-refractivity contribution in [2.45, 2.75) is 31.6 Å². The Hall–Kier alpha value is -4.51. The van der Waals surface area contributed by atoms with Crippen molar-refractivity contribution in [2.24, 2.45) is 0 Å². The van der Waals surface area contributed by atoms with Gasteiger partial charge in [-0.2, -0.15) is 0 Å². The van der Waals surface area contributed by atoms with E-state index in [1.807, 2.05) is 17.0 Å². The molecule has 1 amide bonds. The molecule has 5 heteroatoms. The van der Waals surface area contributed by atoms with E-state index in [0.29, 0.717) is 19.1 Å². The first-order valence-corrected chi connectivity index (χ1v) is 13.3. The van der Waals surface area contributed by atoms with Gasteiger partial charge in [0.1, 0.15) is 5.75 Å². The maximum atomic E-state index is 14.3. The number of carbonyl (C=O) groups is 1. The molecular weight excluding hydrogens is 470 g/mol. The second-order valence-electron chi connectivity index (χ2n) is 10.8. The SMILES string of the molecule is COc1ccc(CN2Cc3c(c4c5ccccc5n5c4c4c3c3ccccc3n4[C@H]3C=C[C@H]5C3)C2=O)cc1. The number of nitrogens with zero attached hydrogens (tertiary/aromatic N) is 3. The van der Waals surface area contributed by atoms with Gasteiger partial charge < -0.3 is 18.8 Å². The molecule has 1 aliphatic carbocycles. The zero-order valence-electron chi connectivity index (χ0n) is 21.0. The first kappa shape index (κ1) is 20.5. The van der Waals surface area contributed by atoms with Crippen LogP contribution in [-0.4, -0.2) is 27.1 Å². The van der Waals surface area contributed by atoms with Gasteiger partial charge in [0.05, 0.1) is 35.8 Å². The molecule has 38 heavy (non-hydrogen) atoms. The van der Waals surface area contributed by atoms with E-state index < -0.39 is 0 Å². The molecule has 5 nitrogen and oxygen atoms in total. The Labute approximate surface area is 219 Å². The molecule has 0 unspecified atom stereocenters. The minimum atomic E-state index is 0.127. The molecule has 2 atom stereocenters. The number of methoxy groups -OCH3 is 1. The molecule has 2 bridgehead atoms. The van der Waals surface area contributed by atoms with Crippen LogP contribution in [0.5, 0.6) is 5.75 Å². The monoisotopic (exact) mass is 495 g/mol. The van der Waals surface area contributed by atoms with Crippen molar-refractivity contribution in [3.05, 3.63) is 102 Å². The summed E-state index contributed by atoms with van der Waals surface area (Å²) in [4.78, 5) is 16.3. The second kappa shape index (κ2) is 7.07. The summed E-state index contributed by atoms with van der Waals surface area (Å²) < 4.78 is 10.4. The van der Waals surface area contributed by atoms with Crippen LogP contribution < -0.4 is 4.74 Å². The Balaban J connectivity index is 1.40. The Kier molecular flexibility index (Phi) is 3.82. The summed E-state index contributed by atoms with van der Waals surface area (Å²) in [6.45, 7) is 1.19. The van der Waals surface area contributed by atoms with Gasteiger partial charge in [0.15, 0.2) is 0 Å². The van der Waals surface area contributed by atoms with Crippen LogP contribution >= 0.6 is 0 Å². The molecule has 3 aliphatic rings. The van der Waals surface area contributed by atoms with Crippen LogP contribution in [0.15, 0.2) is 84.9 Å². The molecule has 4 heterocycles. The average molecular weight is 496 g/mol. The van der Waals surface area contributed by atoms with Crippen molar-refractivity contribution in [1.82, 2.24) is 14.0 Å². The van der Waals surface area contributed by atoms with Gasteiger partial charge in [0.2, 0.25) is 0 Å². The van der Waals surface area contributed by atoms with Gasteiger partial charge in [-0.25, -0.2) is 0 Å². The van der Waals surface area contributed by atoms with Gasteiger partial charge in [0, 0.05) is 45.7 Å². The van der Waals surface area contributed by atoms with Gasteiger partial charge in [-0.05, 0) is 41.8 Å². The number of aromatic nitrogens is 2. The molecular formula is C33H25N3O2. The summed E-state index contributed by atoms with van der Waals surface area (Å²) >= 11 is 0. The number of para-hydroxylation sites is 2. The normalized spacial score (nSPS) is 19.5. The van der Waals surface area contributed by atoms with E-state index in [-0.39, 0.29) is 11.9 Å². The van der Waals surface area contributed by atoms with Crippen molar-refractivity contribution in [3.8, 4) is 5.75 Å². The number of hydrogen-bond donors (Lipinski definition) is 0. The average Bonchev–Trinajstić information content (AvgIpc) is 3.68. The van der Waals surface area contributed by atoms with Crippen LogP contribution in [0.1, 0.15) is 40.0 Å². The Morgan fingerprint density at radius 1 is 0.789 bits per heavy atom. The third-order valence-corrected chi connectivity index (χ3v) is 8.98. The first-order valence-electron chi connectivity index (χ1n) is 13.3. The number of hydrogen-bond acceptors (Lipinski definition) is 2. The van der Waals surface area contributed by atoms with Gasteiger partial charge in [-0.3, -0.25) is 4.79 Å². The van der Waals surface area contributed by atoms with Gasteiger partial charge in [-0.1, -0.05) is 60.7 Å². The summed E-state index contributed by atoms with van der Waals surface area (Å²) in [7, 11) is 1.68. The summed E-state index contributed by atoms with van der Waals surface area (Å²) in [5.74, 6) is 0.953. The Bertz CT molecular complexity index is 2030. The third-order valence-electron chi connectivity index (χ3n) is 8.98. The number of carbonyl (C=O) groups excluding carboxylic acids is 1. The molecule has 6 aromatic rings. The first-order chi connectivity index (χ1) is 18.7. The number of fused-ring (bicyclic) bond motifs is 13. The minimum absolute atomic E-state index is 0.127. The topological polar surface area (TPSA) is 39.4 Å². The van der Waals surface area contributed by atoms with Crippen molar-refractivity contribution in [2.75, 3.05) is 7.11 Å². The molecule has 9 rings (SSSR count). The molecule has 0 saturated heterocycles. The van der Waals surface area contributed by atoms with Gasteiger partial charge in [0.25, 0.3) is 5.91 Å². The highest BCUT2D eigenvalue weighted by Gasteiger charge is 2.39. The molecule has 0 spiro atoms. The highest BCUT2D eigenvalue weighted by atomic mass is 16.5. The molecule has 2 aliphatic heterocycles. The van der Waals surface area contributed by atoms with E-state index in [4.69, 9.17) is 4.74 Å². The van der Waals surface area contributed by atoms with Crippen molar-refractivity contribution in [1.29, 1.82) is 0 Å². The zero-order valence-corrected chi connectivity index (χ0v) is 21.0. The van der Waals surface area contributed by atoms with Crippen LogP contribution in [0.2, 0.25) is 0 Å². The number of benzene rings is 4. The number of ether oxygens (including phenoxy) is 1. The van der Waals surface area contributed by atoms with Crippen molar-refractivity contribution >= 4 is 49.5 Å². The van der Waals surface area contributed by atoms with Gasteiger partial charge >= 0.3 is 0 Å². The fourth-order valence-corrected chi connectivity index (χ4v) is 7.45. The molecule has 0 saturated carbocycles. The smallest absolute Gasteiger partial charge is 0.255 e. The maximum Gasteiger partial charge on any atom is 0.255 e. The fraction of sp³-hybridized carbons (Fsp3) is 0.182. The number of amides is 1. The zero-order chi connectivity index (χ0) is 25.1. The van der Waals surface area contributed by atoms with Crippen molar-refractivity contribution in [3.63, 3.8) is 0 Å². The lowest BCUT2D eigenvalue weighted by molar-refractivity contribution is 0.0768. The van der Waals surface area contributed by atoms with E-state index in [0.717, 1.165) is 28.7 Å². The number of rotatable bonds is 3.